The lowest BCUT2D eigenvalue weighted by Crippen LogP contribution is -1.98. The maximum absolute atomic E-state index is 12.3. The third-order valence-electron chi connectivity index (χ3n) is 3.40. The van der Waals surface area contributed by atoms with Crippen molar-refractivity contribution < 1.29 is 4.79 Å². The van der Waals surface area contributed by atoms with Gasteiger partial charge in [0.05, 0.1) is 5.52 Å². The Labute approximate surface area is 104 Å². The van der Waals surface area contributed by atoms with Gasteiger partial charge in [-0.2, -0.15) is 0 Å². The Morgan fingerprint density at radius 1 is 0.778 bits per heavy atom. The average Bonchev–Trinajstić information content (AvgIpc) is 2.71. The standard InChI is InChI=1S/C16H9NO/c18-16-12-7-3-2-6-11(12)13-9-10-5-1-4-8-14(10)17-15(13)16/h1-9H. The topological polar surface area (TPSA) is 30.0 Å². The molecule has 0 unspecified atom stereocenters. The fraction of sp³-hybridized carbons (Fsp3) is 0. The van der Waals surface area contributed by atoms with E-state index in [2.05, 4.69) is 11.1 Å². The molecule has 0 aliphatic heterocycles. The number of hydrogen-bond acceptors (Lipinski definition) is 2. The number of benzene rings is 2. The molecule has 0 amide bonds. The number of carbonyl (C=O) groups is 1. The fourth-order valence-electron chi connectivity index (χ4n) is 2.54. The number of rotatable bonds is 0. The quantitative estimate of drug-likeness (QED) is 0.464. The first-order valence-corrected chi connectivity index (χ1v) is 5.88. The van der Waals surface area contributed by atoms with Crippen LogP contribution in [0.25, 0.3) is 22.0 Å². The second-order valence-corrected chi connectivity index (χ2v) is 4.45. The minimum absolute atomic E-state index is 0.0337. The normalized spacial score (nSPS) is 12.6. The number of para-hydroxylation sites is 1. The molecule has 0 radical (unpaired) electrons. The maximum Gasteiger partial charge on any atom is 0.212 e. The molecular formula is C16H9NO. The summed E-state index contributed by atoms with van der Waals surface area (Å²) in [6.07, 6.45) is 0. The van der Waals surface area contributed by atoms with Crippen LogP contribution >= 0.6 is 0 Å². The molecule has 0 N–H and O–H groups in total. The molecule has 1 aliphatic carbocycles. The molecule has 2 aromatic carbocycles. The van der Waals surface area contributed by atoms with Gasteiger partial charge in [0.15, 0.2) is 0 Å². The third kappa shape index (κ3) is 1.12. The predicted molar refractivity (Wildman–Crippen MR) is 70.6 cm³/mol. The van der Waals surface area contributed by atoms with Gasteiger partial charge in [-0.3, -0.25) is 4.79 Å². The van der Waals surface area contributed by atoms with E-state index in [0.717, 1.165) is 27.6 Å². The van der Waals surface area contributed by atoms with Gasteiger partial charge < -0.3 is 0 Å². The van der Waals surface area contributed by atoms with E-state index >= 15 is 0 Å². The molecule has 1 aromatic heterocycles. The summed E-state index contributed by atoms with van der Waals surface area (Å²) in [5, 5.41) is 1.07. The minimum Gasteiger partial charge on any atom is -0.287 e. The van der Waals surface area contributed by atoms with E-state index in [1.165, 1.54) is 0 Å². The molecule has 0 saturated heterocycles. The van der Waals surface area contributed by atoms with Gasteiger partial charge in [0.1, 0.15) is 5.69 Å². The maximum atomic E-state index is 12.3. The van der Waals surface area contributed by atoms with Crippen molar-refractivity contribution in [2.75, 3.05) is 0 Å². The molecule has 2 heteroatoms. The van der Waals surface area contributed by atoms with Crippen molar-refractivity contribution in [1.82, 2.24) is 4.98 Å². The largest absolute Gasteiger partial charge is 0.287 e. The Bertz CT molecular complexity index is 805. The van der Waals surface area contributed by atoms with Crippen molar-refractivity contribution in [3.63, 3.8) is 0 Å². The van der Waals surface area contributed by atoms with Gasteiger partial charge in [-0.1, -0.05) is 42.5 Å². The number of hydrogen-bond donors (Lipinski definition) is 0. The van der Waals surface area contributed by atoms with Crippen LogP contribution in [0.4, 0.5) is 0 Å². The van der Waals surface area contributed by atoms with Crippen LogP contribution in [0.5, 0.6) is 0 Å². The van der Waals surface area contributed by atoms with Gasteiger partial charge in [0, 0.05) is 16.5 Å². The van der Waals surface area contributed by atoms with E-state index in [4.69, 9.17) is 0 Å². The highest BCUT2D eigenvalue weighted by Gasteiger charge is 2.27. The molecule has 3 aromatic rings. The smallest absolute Gasteiger partial charge is 0.212 e. The Hall–Kier alpha value is -2.48. The van der Waals surface area contributed by atoms with Crippen LogP contribution in [0.2, 0.25) is 0 Å². The number of nitrogens with zero attached hydrogens (tertiary/aromatic N) is 1. The van der Waals surface area contributed by atoms with E-state index in [-0.39, 0.29) is 5.78 Å². The van der Waals surface area contributed by atoms with Crippen LogP contribution in [0.3, 0.4) is 0 Å². The van der Waals surface area contributed by atoms with Crippen molar-refractivity contribution in [1.29, 1.82) is 0 Å². The molecule has 0 saturated carbocycles. The molecule has 1 aliphatic rings. The Balaban J connectivity index is 2.14. The van der Waals surface area contributed by atoms with Crippen LogP contribution in [-0.2, 0) is 0 Å². The lowest BCUT2D eigenvalue weighted by atomic mass is 10.1. The molecule has 18 heavy (non-hydrogen) atoms. The summed E-state index contributed by atoms with van der Waals surface area (Å²) in [7, 11) is 0. The van der Waals surface area contributed by atoms with Gasteiger partial charge in [-0.15, -0.1) is 0 Å². The monoisotopic (exact) mass is 231 g/mol. The average molecular weight is 231 g/mol. The first-order valence-electron chi connectivity index (χ1n) is 5.88. The summed E-state index contributed by atoms with van der Waals surface area (Å²) in [5.41, 5.74) is 4.16. The van der Waals surface area contributed by atoms with Crippen LogP contribution < -0.4 is 0 Å². The molecule has 1 heterocycles. The van der Waals surface area contributed by atoms with Crippen molar-refractivity contribution >= 4 is 16.7 Å². The number of carbonyl (C=O) groups excluding carboxylic acids is 1. The zero-order valence-corrected chi connectivity index (χ0v) is 9.55. The highest BCUT2D eigenvalue weighted by atomic mass is 16.1. The molecule has 0 spiro atoms. The SMILES string of the molecule is O=C1c2ccccc2-c2cc3ccccc3nc21. The molecule has 0 bridgehead atoms. The number of fused-ring (bicyclic) bond motifs is 4. The molecule has 84 valence electrons. The fourth-order valence-corrected chi connectivity index (χ4v) is 2.54. The van der Waals surface area contributed by atoms with Crippen molar-refractivity contribution in [3.05, 3.63) is 65.9 Å². The van der Waals surface area contributed by atoms with Crippen LogP contribution in [0, 0.1) is 0 Å². The lowest BCUT2D eigenvalue weighted by molar-refractivity contribution is 0.103. The summed E-state index contributed by atoms with van der Waals surface area (Å²) in [6, 6.07) is 17.6. The zero-order valence-electron chi connectivity index (χ0n) is 9.55. The van der Waals surface area contributed by atoms with Crippen molar-refractivity contribution in [3.8, 4) is 11.1 Å². The summed E-state index contributed by atoms with van der Waals surface area (Å²) >= 11 is 0. The van der Waals surface area contributed by atoms with E-state index in [9.17, 15) is 4.79 Å². The van der Waals surface area contributed by atoms with Crippen molar-refractivity contribution in [2.45, 2.75) is 0 Å². The van der Waals surface area contributed by atoms with E-state index in [1.807, 2.05) is 48.5 Å². The van der Waals surface area contributed by atoms with E-state index in [1.54, 1.807) is 0 Å². The second-order valence-electron chi connectivity index (χ2n) is 4.45. The Morgan fingerprint density at radius 3 is 2.39 bits per heavy atom. The van der Waals surface area contributed by atoms with Gasteiger partial charge in [0.25, 0.3) is 0 Å². The molecule has 4 rings (SSSR count). The van der Waals surface area contributed by atoms with Gasteiger partial charge in [0.2, 0.25) is 5.78 Å². The van der Waals surface area contributed by atoms with Crippen LogP contribution in [-0.4, -0.2) is 10.8 Å². The van der Waals surface area contributed by atoms with Crippen LogP contribution in [0.1, 0.15) is 16.1 Å². The zero-order chi connectivity index (χ0) is 12.1. The molecule has 0 atom stereocenters. The lowest BCUT2D eigenvalue weighted by Gasteiger charge is -2.01. The number of ketones is 1. The number of pyridine rings is 1. The summed E-state index contributed by atoms with van der Waals surface area (Å²) in [4.78, 5) is 16.8. The number of aromatic nitrogens is 1. The van der Waals surface area contributed by atoms with E-state index in [0.29, 0.717) is 5.69 Å². The summed E-state index contributed by atoms with van der Waals surface area (Å²) in [6.45, 7) is 0. The molecule has 0 fully saturated rings. The highest BCUT2D eigenvalue weighted by Crippen LogP contribution is 2.36. The van der Waals surface area contributed by atoms with Crippen molar-refractivity contribution in [2.24, 2.45) is 0 Å². The Morgan fingerprint density at radius 2 is 1.50 bits per heavy atom. The molecular weight excluding hydrogens is 222 g/mol. The van der Waals surface area contributed by atoms with Crippen LogP contribution in [0.15, 0.2) is 54.6 Å². The first-order chi connectivity index (χ1) is 8.84. The Kier molecular flexibility index (Phi) is 1.73. The minimum atomic E-state index is 0.0337. The van der Waals surface area contributed by atoms with E-state index < -0.39 is 0 Å². The van der Waals surface area contributed by atoms with Gasteiger partial charge >= 0.3 is 0 Å². The first kappa shape index (κ1) is 9.54. The molecule has 2 nitrogen and oxygen atoms in total. The second kappa shape index (κ2) is 3.26. The highest BCUT2D eigenvalue weighted by molar-refractivity contribution is 6.21. The summed E-state index contributed by atoms with van der Waals surface area (Å²) in [5.74, 6) is 0.0337. The van der Waals surface area contributed by atoms with Gasteiger partial charge in [-0.25, -0.2) is 4.98 Å². The predicted octanol–water partition coefficient (Wildman–Crippen LogP) is 3.45. The summed E-state index contributed by atoms with van der Waals surface area (Å²) < 4.78 is 0. The van der Waals surface area contributed by atoms with Gasteiger partial charge in [-0.05, 0) is 17.7 Å². The third-order valence-corrected chi connectivity index (χ3v) is 3.40.